The van der Waals surface area contributed by atoms with Gasteiger partial charge in [-0.2, -0.15) is 0 Å². The van der Waals surface area contributed by atoms with E-state index in [4.69, 9.17) is 5.73 Å². The average molecular weight is 283 g/mol. The van der Waals surface area contributed by atoms with Crippen LogP contribution in [-0.4, -0.2) is 4.98 Å². The molecule has 0 spiro atoms. The van der Waals surface area contributed by atoms with E-state index < -0.39 is 0 Å². The monoisotopic (exact) mass is 283 g/mol. The van der Waals surface area contributed by atoms with E-state index in [0.29, 0.717) is 0 Å². The van der Waals surface area contributed by atoms with Gasteiger partial charge in [0.15, 0.2) is 0 Å². The van der Waals surface area contributed by atoms with E-state index in [-0.39, 0.29) is 0 Å². The van der Waals surface area contributed by atoms with Gasteiger partial charge in [-0.25, -0.2) is 4.98 Å². The molecule has 4 heteroatoms. The minimum Gasteiger partial charge on any atom is -0.399 e. The molecule has 0 fully saturated rings. The summed E-state index contributed by atoms with van der Waals surface area (Å²) in [5, 5.41) is 4.44. The van der Waals surface area contributed by atoms with Crippen LogP contribution in [0.4, 0.5) is 11.5 Å². The van der Waals surface area contributed by atoms with Gasteiger partial charge in [0.25, 0.3) is 0 Å². The predicted molar refractivity (Wildman–Crippen MR) is 87.2 cm³/mol. The molecule has 2 aromatic heterocycles. The fraction of sp³-hybridized carbons (Fsp3) is 0.188. The molecule has 0 amide bonds. The Hall–Kier alpha value is -2.07. The maximum absolute atomic E-state index is 5.77. The lowest BCUT2D eigenvalue weighted by Gasteiger charge is -2.06. The van der Waals surface area contributed by atoms with E-state index in [0.717, 1.165) is 35.4 Å². The number of hydrogen-bond acceptors (Lipinski definition) is 4. The van der Waals surface area contributed by atoms with Gasteiger partial charge in [0.2, 0.25) is 0 Å². The average Bonchev–Trinajstić information content (AvgIpc) is 2.93. The Morgan fingerprint density at radius 3 is 2.75 bits per heavy atom. The number of aryl methyl sites for hydroxylation is 1. The normalized spacial score (nSPS) is 10.8. The Bertz CT molecular complexity index is 733. The highest BCUT2D eigenvalue weighted by Crippen LogP contribution is 2.20. The lowest BCUT2D eigenvalue weighted by molar-refractivity contribution is 1.16. The Morgan fingerprint density at radius 1 is 1.10 bits per heavy atom. The number of rotatable bonds is 4. The van der Waals surface area contributed by atoms with Crippen molar-refractivity contribution in [1.29, 1.82) is 0 Å². The molecule has 0 atom stereocenters. The fourth-order valence-corrected chi connectivity index (χ4v) is 3.03. The molecule has 0 radical (unpaired) electrons. The number of nitrogens with zero attached hydrogens (tertiary/aromatic N) is 1. The Balaban J connectivity index is 1.75. The molecule has 0 aliphatic heterocycles. The number of fused-ring (bicyclic) bond motifs is 1. The van der Waals surface area contributed by atoms with Gasteiger partial charge < -0.3 is 11.1 Å². The summed E-state index contributed by atoms with van der Waals surface area (Å²) in [7, 11) is 0. The Kier molecular flexibility index (Phi) is 3.56. The summed E-state index contributed by atoms with van der Waals surface area (Å²) in [6.45, 7) is 3.00. The second kappa shape index (κ2) is 5.51. The fourth-order valence-electron chi connectivity index (χ4n) is 2.13. The van der Waals surface area contributed by atoms with Crippen molar-refractivity contribution in [1.82, 2.24) is 4.98 Å². The van der Waals surface area contributed by atoms with Crippen LogP contribution in [-0.2, 0) is 13.0 Å². The standard InChI is InChI=1S/C16H17N3S/c1-2-13-5-6-14(20-13)10-18-16-8-3-11-9-12(17)4-7-15(11)19-16/h3-9H,2,10,17H2,1H3,(H,18,19). The third kappa shape index (κ3) is 2.75. The zero-order chi connectivity index (χ0) is 13.9. The first-order chi connectivity index (χ1) is 9.74. The minimum atomic E-state index is 0.769. The number of nitrogen functional groups attached to an aromatic ring is 1. The molecule has 3 N–H and O–H groups in total. The van der Waals surface area contributed by atoms with E-state index in [1.165, 1.54) is 9.75 Å². The maximum Gasteiger partial charge on any atom is 0.126 e. The van der Waals surface area contributed by atoms with Crippen molar-refractivity contribution in [2.24, 2.45) is 0 Å². The van der Waals surface area contributed by atoms with Crippen LogP contribution in [0.15, 0.2) is 42.5 Å². The smallest absolute Gasteiger partial charge is 0.126 e. The van der Waals surface area contributed by atoms with Crippen LogP contribution < -0.4 is 11.1 Å². The number of benzene rings is 1. The molecule has 0 unspecified atom stereocenters. The summed E-state index contributed by atoms with van der Waals surface area (Å²) in [4.78, 5) is 7.35. The minimum absolute atomic E-state index is 0.769. The van der Waals surface area contributed by atoms with E-state index >= 15 is 0 Å². The van der Waals surface area contributed by atoms with Gasteiger partial charge in [0.1, 0.15) is 5.82 Å². The largest absolute Gasteiger partial charge is 0.399 e. The Morgan fingerprint density at radius 2 is 1.95 bits per heavy atom. The molecule has 2 heterocycles. The quantitative estimate of drug-likeness (QED) is 0.710. The molecule has 3 rings (SSSR count). The number of nitrogens with two attached hydrogens (primary N) is 1. The van der Waals surface area contributed by atoms with Crippen molar-refractivity contribution in [2.45, 2.75) is 19.9 Å². The zero-order valence-electron chi connectivity index (χ0n) is 11.4. The molecule has 20 heavy (non-hydrogen) atoms. The zero-order valence-corrected chi connectivity index (χ0v) is 12.2. The van der Waals surface area contributed by atoms with Gasteiger partial charge in [-0.1, -0.05) is 6.92 Å². The topological polar surface area (TPSA) is 50.9 Å². The number of pyridine rings is 1. The highest BCUT2D eigenvalue weighted by atomic mass is 32.1. The number of anilines is 2. The van der Waals surface area contributed by atoms with Crippen LogP contribution in [0.2, 0.25) is 0 Å². The van der Waals surface area contributed by atoms with Crippen molar-refractivity contribution in [3.63, 3.8) is 0 Å². The lowest BCUT2D eigenvalue weighted by atomic mass is 10.2. The summed E-state index contributed by atoms with van der Waals surface area (Å²) in [6, 6.07) is 14.2. The van der Waals surface area contributed by atoms with E-state index in [2.05, 4.69) is 29.4 Å². The van der Waals surface area contributed by atoms with Crippen LogP contribution in [0.3, 0.4) is 0 Å². The van der Waals surface area contributed by atoms with Crippen molar-refractivity contribution in [3.8, 4) is 0 Å². The maximum atomic E-state index is 5.77. The number of thiophene rings is 1. The van der Waals surface area contributed by atoms with E-state index in [9.17, 15) is 0 Å². The first kappa shape index (κ1) is 12.9. The predicted octanol–water partition coefficient (Wildman–Crippen LogP) is 4.05. The van der Waals surface area contributed by atoms with Gasteiger partial charge in [0.05, 0.1) is 12.1 Å². The van der Waals surface area contributed by atoms with Gasteiger partial charge in [0, 0.05) is 20.8 Å². The molecule has 3 aromatic rings. The van der Waals surface area contributed by atoms with Crippen molar-refractivity contribution in [3.05, 3.63) is 52.2 Å². The molecule has 3 nitrogen and oxygen atoms in total. The molecule has 0 saturated heterocycles. The number of aromatic nitrogens is 1. The summed E-state index contributed by atoms with van der Waals surface area (Å²) in [6.07, 6.45) is 1.10. The van der Waals surface area contributed by atoms with Crippen LogP contribution in [0.1, 0.15) is 16.7 Å². The lowest BCUT2D eigenvalue weighted by Crippen LogP contribution is -1.99. The molecule has 0 saturated carbocycles. The third-order valence-electron chi connectivity index (χ3n) is 3.22. The summed E-state index contributed by atoms with van der Waals surface area (Å²) < 4.78 is 0. The van der Waals surface area contributed by atoms with Crippen LogP contribution in [0.5, 0.6) is 0 Å². The molecule has 1 aromatic carbocycles. The van der Waals surface area contributed by atoms with E-state index in [1.54, 1.807) is 0 Å². The highest BCUT2D eigenvalue weighted by molar-refractivity contribution is 7.12. The van der Waals surface area contributed by atoms with Gasteiger partial charge in [-0.3, -0.25) is 0 Å². The van der Waals surface area contributed by atoms with Crippen molar-refractivity contribution < 1.29 is 0 Å². The molecular weight excluding hydrogens is 266 g/mol. The van der Waals surface area contributed by atoms with Crippen molar-refractivity contribution in [2.75, 3.05) is 11.1 Å². The molecule has 0 aliphatic carbocycles. The summed E-state index contributed by atoms with van der Waals surface area (Å²) in [5.74, 6) is 0.897. The van der Waals surface area contributed by atoms with Crippen molar-refractivity contribution >= 4 is 33.7 Å². The van der Waals surface area contributed by atoms with Gasteiger partial charge >= 0.3 is 0 Å². The van der Waals surface area contributed by atoms with Crippen LogP contribution in [0, 0.1) is 0 Å². The van der Waals surface area contributed by atoms with Gasteiger partial charge in [-0.05, 0) is 48.9 Å². The third-order valence-corrected chi connectivity index (χ3v) is 4.45. The molecule has 0 bridgehead atoms. The Labute approximate surface area is 122 Å². The summed E-state index contributed by atoms with van der Waals surface area (Å²) in [5.41, 5.74) is 7.50. The highest BCUT2D eigenvalue weighted by Gasteiger charge is 2.01. The number of nitrogens with one attached hydrogen (secondary N) is 1. The van der Waals surface area contributed by atoms with Gasteiger partial charge in [-0.15, -0.1) is 11.3 Å². The van der Waals surface area contributed by atoms with Crippen LogP contribution in [0.25, 0.3) is 10.9 Å². The second-order valence-electron chi connectivity index (χ2n) is 4.72. The van der Waals surface area contributed by atoms with Crippen LogP contribution >= 0.6 is 11.3 Å². The molecular formula is C16H17N3S. The van der Waals surface area contributed by atoms with E-state index in [1.807, 2.05) is 41.7 Å². The summed E-state index contributed by atoms with van der Waals surface area (Å²) >= 11 is 1.85. The SMILES string of the molecule is CCc1ccc(CNc2ccc3cc(N)ccc3n2)s1. The first-order valence-corrected chi connectivity index (χ1v) is 7.54. The molecule has 0 aliphatic rings. The first-order valence-electron chi connectivity index (χ1n) is 6.72. The second-order valence-corrected chi connectivity index (χ2v) is 5.98. The number of hydrogen-bond donors (Lipinski definition) is 2. The molecule has 102 valence electrons.